The average molecular weight is 252 g/mol. The molecule has 1 fully saturated rings. The fraction of sp³-hybridized carbons (Fsp3) is 0.455. The van der Waals surface area contributed by atoms with E-state index >= 15 is 0 Å². The summed E-state index contributed by atoms with van der Waals surface area (Å²) in [5.74, 6) is 1.02. The third kappa shape index (κ3) is 1.96. The van der Waals surface area contributed by atoms with Crippen LogP contribution in [0.1, 0.15) is 5.69 Å². The van der Waals surface area contributed by atoms with E-state index in [4.69, 9.17) is 11.6 Å². The van der Waals surface area contributed by atoms with Gasteiger partial charge in [0.05, 0.1) is 5.69 Å². The Balaban J connectivity index is 2.12. The summed E-state index contributed by atoms with van der Waals surface area (Å²) in [6, 6.07) is 3.82. The maximum atomic E-state index is 6.06. The van der Waals surface area contributed by atoms with E-state index in [1.165, 1.54) is 0 Å². The number of fused-ring (bicyclic) bond motifs is 1. The van der Waals surface area contributed by atoms with Gasteiger partial charge >= 0.3 is 0 Å². The van der Waals surface area contributed by atoms with Crippen molar-refractivity contribution in [1.82, 2.24) is 19.9 Å². The highest BCUT2D eigenvalue weighted by molar-refractivity contribution is 6.29. The van der Waals surface area contributed by atoms with Gasteiger partial charge in [-0.25, -0.2) is 4.98 Å². The van der Waals surface area contributed by atoms with Crippen LogP contribution in [0.25, 0.3) is 5.65 Å². The monoisotopic (exact) mass is 251 g/mol. The van der Waals surface area contributed by atoms with Crippen LogP contribution in [0.15, 0.2) is 12.1 Å². The Bertz CT molecular complexity index is 544. The van der Waals surface area contributed by atoms with Crippen LogP contribution in [0.3, 0.4) is 0 Å². The number of anilines is 1. The maximum absolute atomic E-state index is 6.06. The predicted octanol–water partition coefficient (Wildman–Crippen LogP) is 1.10. The van der Waals surface area contributed by atoms with Gasteiger partial charge in [0.25, 0.3) is 0 Å². The summed E-state index contributed by atoms with van der Waals surface area (Å²) in [5, 5.41) is 8.31. The minimum absolute atomic E-state index is 0.519. The number of piperazine rings is 1. The van der Waals surface area contributed by atoms with E-state index in [2.05, 4.69) is 20.3 Å². The highest BCUT2D eigenvalue weighted by Crippen LogP contribution is 2.21. The fourth-order valence-corrected chi connectivity index (χ4v) is 2.35. The molecule has 0 unspecified atom stereocenters. The lowest BCUT2D eigenvalue weighted by Crippen LogP contribution is -2.44. The first-order chi connectivity index (χ1) is 8.24. The Morgan fingerprint density at radius 1 is 1.29 bits per heavy atom. The van der Waals surface area contributed by atoms with E-state index in [1.54, 1.807) is 0 Å². The van der Waals surface area contributed by atoms with Gasteiger partial charge in [0.15, 0.2) is 5.65 Å². The molecule has 17 heavy (non-hydrogen) atoms. The molecule has 90 valence electrons. The van der Waals surface area contributed by atoms with Crippen LogP contribution >= 0.6 is 11.6 Å². The Hall–Kier alpha value is -1.33. The molecule has 2 aromatic rings. The first-order valence-corrected chi connectivity index (χ1v) is 6.10. The van der Waals surface area contributed by atoms with Crippen molar-refractivity contribution in [2.75, 3.05) is 31.1 Å². The molecule has 1 aliphatic heterocycles. The number of halogens is 1. The summed E-state index contributed by atoms with van der Waals surface area (Å²) in [6.07, 6.45) is 0. The second-order valence-corrected chi connectivity index (χ2v) is 4.62. The van der Waals surface area contributed by atoms with E-state index in [9.17, 15) is 0 Å². The maximum Gasteiger partial charge on any atom is 0.159 e. The van der Waals surface area contributed by atoms with Gasteiger partial charge in [0.2, 0.25) is 0 Å². The van der Waals surface area contributed by atoms with Crippen LogP contribution in [0.4, 0.5) is 5.82 Å². The molecule has 0 saturated carbocycles. The lowest BCUT2D eigenvalue weighted by molar-refractivity contribution is 0.579. The van der Waals surface area contributed by atoms with Gasteiger partial charge in [-0.1, -0.05) is 11.6 Å². The number of aromatic nitrogens is 3. The second kappa shape index (κ2) is 4.16. The number of hydrogen-bond donors (Lipinski definition) is 1. The van der Waals surface area contributed by atoms with Crippen molar-refractivity contribution >= 4 is 23.1 Å². The standard InChI is InChI=1S/C11H14ClN5/c1-8-6-10-14-9(12)7-11(17(10)15-8)16-4-2-13-3-5-16/h6-7,13H,2-5H2,1H3. The number of nitrogens with one attached hydrogen (secondary N) is 1. The van der Waals surface area contributed by atoms with E-state index in [-0.39, 0.29) is 0 Å². The van der Waals surface area contributed by atoms with Crippen molar-refractivity contribution in [2.45, 2.75) is 6.92 Å². The molecule has 0 aromatic carbocycles. The fourth-order valence-electron chi connectivity index (χ4n) is 2.16. The SMILES string of the molecule is Cc1cc2nc(Cl)cc(N3CCNCC3)n2n1. The summed E-state index contributed by atoms with van der Waals surface area (Å²) >= 11 is 6.06. The van der Waals surface area contributed by atoms with Crippen LogP contribution in [0.2, 0.25) is 5.15 Å². The van der Waals surface area contributed by atoms with Gasteiger partial charge in [-0.3, -0.25) is 0 Å². The minimum Gasteiger partial charge on any atom is -0.354 e. The van der Waals surface area contributed by atoms with Crippen molar-refractivity contribution in [3.05, 3.63) is 23.0 Å². The van der Waals surface area contributed by atoms with Crippen molar-refractivity contribution in [1.29, 1.82) is 0 Å². The molecule has 0 spiro atoms. The van der Waals surface area contributed by atoms with Crippen LogP contribution < -0.4 is 10.2 Å². The third-order valence-electron chi connectivity index (χ3n) is 2.94. The summed E-state index contributed by atoms with van der Waals surface area (Å²) < 4.78 is 1.87. The lowest BCUT2D eigenvalue weighted by Gasteiger charge is -2.29. The predicted molar refractivity (Wildman–Crippen MR) is 67.8 cm³/mol. The third-order valence-corrected chi connectivity index (χ3v) is 3.13. The molecule has 0 atom stereocenters. The molecular formula is C11H14ClN5. The molecule has 1 aliphatic rings. The zero-order valence-electron chi connectivity index (χ0n) is 9.65. The molecule has 0 aliphatic carbocycles. The highest BCUT2D eigenvalue weighted by Gasteiger charge is 2.15. The van der Waals surface area contributed by atoms with Gasteiger partial charge in [-0.05, 0) is 6.92 Å². The van der Waals surface area contributed by atoms with Crippen LogP contribution in [-0.2, 0) is 0 Å². The van der Waals surface area contributed by atoms with Gasteiger partial charge in [0, 0.05) is 38.3 Å². The molecule has 3 heterocycles. The van der Waals surface area contributed by atoms with Gasteiger partial charge in [-0.15, -0.1) is 0 Å². The molecule has 1 N–H and O–H groups in total. The number of rotatable bonds is 1. The normalized spacial score (nSPS) is 16.7. The summed E-state index contributed by atoms with van der Waals surface area (Å²) in [6.45, 7) is 5.87. The Morgan fingerprint density at radius 3 is 2.82 bits per heavy atom. The van der Waals surface area contributed by atoms with Crippen molar-refractivity contribution in [3.63, 3.8) is 0 Å². The smallest absolute Gasteiger partial charge is 0.159 e. The number of hydrogen-bond acceptors (Lipinski definition) is 4. The van der Waals surface area contributed by atoms with Crippen molar-refractivity contribution < 1.29 is 0 Å². The average Bonchev–Trinajstić information content (AvgIpc) is 2.69. The van der Waals surface area contributed by atoms with E-state index < -0.39 is 0 Å². The molecule has 2 aromatic heterocycles. The van der Waals surface area contributed by atoms with Crippen LogP contribution in [-0.4, -0.2) is 40.8 Å². The van der Waals surface area contributed by atoms with E-state index in [0.29, 0.717) is 5.15 Å². The molecule has 3 rings (SSSR count). The molecule has 0 bridgehead atoms. The highest BCUT2D eigenvalue weighted by atomic mass is 35.5. The van der Waals surface area contributed by atoms with E-state index in [1.807, 2.05) is 23.6 Å². The van der Waals surface area contributed by atoms with Crippen LogP contribution in [0.5, 0.6) is 0 Å². The largest absolute Gasteiger partial charge is 0.354 e. The number of nitrogens with zero attached hydrogens (tertiary/aromatic N) is 4. The zero-order chi connectivity index (χ0) is 11.8. The van der Waals surface area contributed by atoms with Crippen molar-refractivity contribution in [3.8, 4) is 0 Å². The molecule has 6 heteroatoms. The van der Waals surface area contributed by atoms with E-state index in [0.717, 1.165) is 43.3 Å². The quantitative estimate of drug-likeness (QED) is 0.771. The Kier molecular flexibility index (Phi) is 2.64. The summed E-state index contributed by atoms with van der Waals surface area (Å²) in [7, 11) is 0. The first kappa shape index (κ1) is 10.8. The molecule has 1 saturated heterocycles. The second-order valence-electron chi connectivity index (χ2n) is 4.23. The summed E-state index contributed by atoms with van der Waals surface area (Å²) in [4.78, 5) is 6.56. The topological polar surface area (TPSA) is 45.5 Å². The van der Waals surface area contributed by atoms with Crippen molar-refractivity contribution in [2.24, 2.45) is 0 Å². The van der Waals surface area contributed by atoms with Gasteiger partial charge in [0.1, 0.15) is 11.0 Å². The Labute approximate surface area is 104 Å². The van der Waals surface area contributed by atoms with Gasteiger partial charge in [-0.2, -0.15) is 9.61 Å². The first-order valence-electron chi connectivity index (χ1n) is 5.72. The molecule has 5 nitrogen and oxygen atoms in total. The van der Waals surface area contributed by atoms with Gasteiger partial charge < -0.3 is 10.2 Å². The summed E-state index contributed by atoms with van der Waals surface area (Å²) in [5.41, 5.74) is 1.76. The molecule has 0 amide bonds. The van der Waals surface area contributed by atoms with Crippen LogP contribution in [0, 0.1) is 6.92 Å². The zero-order valence-corrected chi connectivity index (χ0v) is 10.4. The molecule has 0 radical (unpaired) electrons. The molecular weight excluding hydrogens is 238 g/mol. The minimum atomic E-state index is 0.519. The Morgan fingerprint density at radius 2 is 2.06 bits per heavy atom. The lowest BCUT2D eigenvalue weighted by atomic mass is 10.3. The number of aryl methyl sites for hydroxylation is 1.